The molecule has 0 aromatic heterocycles. The highest BCUT2D eigenvalue weighted by Gasteiger charge is 2.61. The number of nitrogens with zero attached hydrogens (tertiary/aromatic N) is 1. The minimum atomic E-state index is -0.130. The third kappa shape index (κ3) is 5.15. The summed E-state index contributed by atoms with van der Waals surface area (Å²) in [6.45, 7) is 4.79. The second-order valence-electron chi connectivity index (χ2n) is 19.7. The molecule has 300 valence electrons. The second kappa shape index (κ2) is 13.5. The first-order valence-corrected chi connectivity index (χ1v) is 23.1. The van der Waals surface area contributed by atoms with Crippen LogP contribution in [0.25, 0.3) is 55.6 Å². The average molecular weight is 798 g/mol. The zero-order valence-corrected chi connectivity index (χ0v) is 35.7. The molecule has 0 aliphatic heterocycles. The number of hydrogen-bond acceptors (Lipinski definition) is 1. The minimum Gasteiger partial charge on any atom is -0.309 e. The van der Waals surface area contributed by atoms with Crippen LogP contribution < -0.4 is 4.90 Å². The first kappa shape index (κ1) is 36.2. The first-order chi connectivity index (χ1) is 30.5. The van der Waals surface area contributed by atoms with Gasteiger partial charge in [-0.25, -0.2) is 0 Å². The van der Waals surface area contributed by atoms with Crippen LogP contribution in [0, 0.1) is 23.7 Å². The van der Waals surface area contributed by atoms with E-state index in [1.54, 1.807) is 11.1 Å². The van der Waals surface area contributed by atoms with Crippen molar-refractivity contribution in [2.45, 2.75) is 56.8 Å². The zero-order valence-electron chi connectivity index (χ0n) is 35.7. The standard InChI is InChI=1S/C61H51N/c1-60(2)54-22-12-9-20-49(54)51-29-27-47(38-56(51)60)62(59-30-26-43(41-15-5-3-6-16-41)36-53(59)42-17-7-4-8-18-42)58-24-14-11-19-48(58)44-25-28-52-50-21-10-13-23-55(50)61(57(52)37-44)45-32-39-31-40(34-45)35-46(61)33-39/h3-30,36-40,45-46H,31-35H2,1-2H3. The molecule has 1 heteroatoms. The molecular weight excluding hydrogens is 747 g/mol. The van der Waals surface area contributed by atoms with E-state index in [0.29, 0.717) is 0 Å². The van der Waals surface area contributed by atoms with Gasteiger partial charge in [-0.2, -0.15) is 0 Å². The summed E-state index contributed by atoms with van der Waals surface area (Å²) in [5.74, 6) is 3.26. The lowest BCUT2D eigenvalue weighted by Crippen LogP contribution is -2.55. The van der Waals surface area contributed by atoms with Crippen LogP contribution in [0.5, 0.6) is 0 Å². The molecule has 1 nitrogen and oxygen atoms in total. The van der Waals surface area contributed by atoms with E-state index in [1.807, 2.05) is 0 Å². The van der Waals surface area contributed by atoms with Gasteiger partial charge in [0.2, 0.25) is 0 Å². The van der Waals surface area contributed by atoms with Crippen LogP contribution in [0.2, 0.25) is 0 Å². The van der Waals surface area contributed by atoms with Crippen LogP contribution in [-0.2, 0) is 10.8 Å². The summed E-state index contributed by atoms with van der Waals surface area (Å²) in [6, 6.07) is 71.5. The van der Waals surface area contributed by atoms with Crippen molar-refractivity contribution in [3.05, 3.63) is 210 Å². The van der Waals surface area contributed by atoms with Gasteiger partial charge in [0.05, 0.1) is 11.4 Å². The number of anilines is 3. The fraction of sp³-hybridized carbons (Fsp3) is 0.213. The van der Waals surface area contributed by atoms with Crippen LogP contribution in [0.4, 0.5) is 17.1 Å². The second-order valence-corrected chi connectivity index (χ2v) is 19.7. The molecular formula is C61H51N. The van der Waals surface area contributed by atoms with Gasteiger partial charge in [0.1, 0.15) is 0 Å². The van der Waals surface area contributed by atoms with Gasteiger partial charge in [-0.05, 0) is 159 Å². The maximum Gasteiger partial charge on any atom is 0.0540 e. The number of para-hydroxylation sites is 1. The third-order valence-electron chi connectivity index (χ3n) is 16.3. The first-order valence-electron chi connectivity index (χ1n) is 23.1. The Balaban J connectivity index is 1.04. The largest absolute Gasteiger partial charge is 0.309 e. The molecule has 0 saturated heterocycles. The van der Waals surface area contributed by atoms with Crippen molar-refractivity contribution in [1.82, 2.24) is 0 Å². The number of hydrogen-bond donors (Lipinski definition) is 0. The summed E-state index contributed by atoms with van der Waals surface area (Å²) in [7, 11) is 0. The molecule has 0 heterocycles. The fourth-order valence-corrected chi connectivity index (χ4v) is 13.9. The molecule has 4 bridgehead atoms. The van der Waals surface area contributed by atoms with Crippen LogP contribution in [-0.4, -0.2) is 0 Å². The minimum absolute atomic E-state index is 0.109. The van der Waals surface area contributed by atoms with Gasteiger partial charge in [0, 0.05) is 27.6 Å². The number of fused-ring (bicyclic) bond motifs is 6. The summed E-state index contributed by atoms with van der Waals surface area (Å²) in [5, 5.41) is 0. The molecule has 0 unspecified atom stereocenters. The summed E-state index contributed by atoms with van der Waals surface area (Å²) in [6.07, 6.45) is 7.00. The van der Waals surface area contributed by atoms with E-state index in [9.17, 15) is 0 Å². The average Bonchev–Trinajstić information content (AvgIpc) is 3.73. The van der Waals surface area contributed by atoms with Gasteiger partial charge < -0.3 is 4.90 Å². The van der Waals surface area contributed by atoms with Crippen molar-refractivity contribution in [3.63, 3.8) is 0 Å². The molecule has 6 aliphatic rings. The summed E-state index contributed by atoms with van der Waals surface area (Å²) < 4.78 is 0. The van der Waals surface area contributed by atoms with E-state index in [4.69, 9.17) is 0 Å². The molecule has 0 atom stereocenters. The Kier molecular flexibility index (Phi) is 7.91. The SMILES string of the molecule is CC1(C)c2ccccc2-c2ccc(N(c3ccccc3-c3ccc4c(c3)C3(c5ccccc5-4)C4CC5CC(C4)CC3C5)c3ccc(-c4ccccc4)cc3-c3ccccc3)cc21. The lowest BCUT2D eigenvalue weighted by Gasteiger charge is -2.61. The Labute approximate surface area is 366 Å². The number of benzene rings is 8. The fourth-order valence-electron chi connectivity index (χ4n) is 13.9. The van der Waals surface area contributed by atoms with E-state index < -0.39 is 0 Å². The molecule has 14 rings (SSSR count). The van der Waals surface area contributed by atoms with E-state index in [0.717, 1.165) is 23.7 Å². The maximum absolute atomic E-state index is 2.66. The Morgan fingerprint density at radius 3 is 1.61 bits per heavy atom. The smallest absolute Gasteiger partial charge is 0.0540 e. The maximum atomic E-state index is 2.66. The van der Waals surface area contributed by atoms with Crippen molar-refractivity contribution >= 4 is 17.1 Å². The Hall–Kier alpha value is -6.44. The van der Waals surface area contributed by atoms with Crippen LogP contribution >= 0.6 is 0 Å². The van der Waals surface area contributed by atoms with Crippen molar-refractivity contribution in [2.24, 2.45) is 23.7 Å². The molecule has 0 N–H and O–H groups in total. The Morgan fingerprint density at radius 2 is 0.887 bits per heavy atom. The monoisotopic (exact) mass is 797 g/mol. The van der Waals surface area contributed by atoms with E-state index in [1.165, 1.54) is 116 Å². The molecule has 0 radical (unpaired) electrons. The molecule has 62 heavy (non-hydrogen) atoms. The zero-order chi connectivity index (χ0) is 41.2. The molecule has 6 aliphatic carbocycles. The van der Waals surface area contributed by atoms with E-state index >= 15 is 0 Å². The normalized spacial score (nSPS) is 22.9. The van der Waals surface area contributed by atoms with Crippen molar-refractivity contribution in [1.29, 1.82) is 0 Å². The van der Waals surface area contributed by atoms with Gasteiger partial charge in [0.15, 0.2) is 0 Å². The highest BCUT2D eigenvalue weighted by Crippen LogP contribution is 2.69. The molecule has 8 aromatic carbocycles. The van der Waals surface area contributed by atoms with Gasteiger partial charge >= 0.3 is 0 Å². The predicted octanol–water partition coefficient (Wildman–Crippen LogP) is 16.2. The van der Waals surface area contributed by atoms with E-state index in [-0.39, 0.29) is 10.8 Å². The van der Waals surface area contributed by atoms with Gasteiger partial charge in [-0.3, -0.25) is 0 Å². The topological polar surface area (TPSA) is 3.24 Å². The lowest BCUT2D eigenvalue weighted by molar-refractivity contribution is -0.0399. The van der Waals surface area contributed by atoms with Crippen LogP contribution in [0.1, 0.15) is 68.2 Å². The van der Waals surface area contributed by atoms with Crippen molar-refractivity contribution < 1.29 is 0 Å². The Bertz CT molecular complexity index is 3030. The highest BCUT2D eigenvalue weighted by atomic mass is 15.1. The van der Waals surface area contributed by atoms with Crippen molar-refractivity contribution in [2.75, 3.05) is 4.90 Å². The van der Waals surface area contributed by atoms with Crippen LogP contribution in [0.15, 0.2) is 188 Å². The molecule has 4 saturated carbocycles. The van der Waals surface area contributed by atoms with Crippen molar-refractivity contribution in [3.8, 4) is 55.6 Å². The van der Waals surface area contributed by atoms with Crippen LogP contribution in [0.3, 0.4) is 0 Å². The lowest BCUT2D eigenvalue weighted by atomic mass is 9.43. The van der Waals surface area contributed by atoms with Gasteiger partial charge in [0.25, 0.3) is 0 Å². The number of rotatable bonds is 6. The summed E-state index contributed by atoms with van der Waals surface area (Å²) in [5.41, 5.74) is 22.5. The van der Waals surface area contributed by atoms with Gasteiger partial charge in [-0.1, -0.05) is 166 Å². The van der Waals surface area contributed by atoms with E-state index in [2.05, 4.69) is 207 Å². The van der Waals surface area contributed by atoms with Gasteiger partial charge in [-0.15, -0.1) is 0 Å². The molecule has 1 spiro atoms. The highest BCUT2D eigenvalue weighted by molar-refractivity contribution is 5.97. The summed E-state index contributed by atoms with van der Waals surface area (Å²) in [4.78, 5) is 2.58. The molecule has 0 amide bonds. The molecule has 4 fully saturated rings. The predicted molar refractivity (Wildman–Crippen MR) is 258 cm³/mol. The summed E-state index contributed by atoms with van der Waals surface area (Å²) >= 11 is 0. The Morgan fingerprint density at radius 1 is 0.355 bits per heavy atom. The molecule has 8 aromatic rings. The quantitative estimate of drug-likeness (QED) is 0.162. The third-order valence-corrected chi connectivity index (χ3v) is 16.3.